The van der Waals surface area contributed by atoms with Crippen molar-refractivity contribution in [1.29, 1.82) is 0 Å². The molecule has 0 saturated carbocycles. The average Bonchev–Trinajstić information content (AvgIpc) is 2.98. The number of benzene rings is 1. The predicted molar refractivity (Wildman–Crippen MR) is 104 cm³/mol. The van der Waals surface area contributed by atoms with E-state index in [1.807, 2.05) is 26.0 Å². The van der Waals surface area contributed by atoms with Crippen molar-refractivity contribution in [2.45, 2.75) is 13.8 Å². The minimum atomic E-state index is 0.529. The fourth-order valence-corrected chi connectivity index (χ4v) is 3.35. The smallest absolute Gasteiger partial charge is 0.157 e. The lowest BCUT2D eigenvalue weighted by Gasteiger charge is -2.07. The van der Waals surface area contributed by atoms with Gasteiger partial charge in [-0.2, -0.15) is 0 Å². The van der Waals surface area contributed by atoms with Crippen molar-refractivity contribution < 1.29 is 0 Å². The van der Waals surface area contributed by atoms with Gasteiger partial charge in [0.2, 0.25) is 0 Å². The minimum Gasteiger partial charge on any atom is -0.335 e. The summed E-state index contributed by atoms with van der Waals surface area (Å²) in [7, 11) is 0. The second kappa shape index (κ2) is 6.55. The van der Waals surface area contributed by atoms with E-state index in [0.29, 0.717) is 38.9 Å². The van der Waals surface area contributed by atoms with Crippen LogP contribution in [0.25, 0.3) is 22.4 Å². The molecule has 1 aromatic carbocycles. The number of hydrogen-bond acceptors (Lipinski definition) is 5. The van der Waals surface area contributed by atoms with E-state index >= 15 is 0 Å². The lowest BCUT2D eigenvalue weighted by atomic mass is 10.2. The number of nitrogens with one attached hydrogen (secondary N) is 2. The van der Waals surface area contributed by atoms with Crippen LogP contribution in [0.3, 0.4) is 0 Å². The molecule has 3 heterocycles. The average molecular weight is 385 g/mol. The number of imidazole rings is 1. The van der Waals surface area contributed by atoms with E-state index in [1.54, 1.807) is 24.4 Å². The number of halogens is 2. The quantitative estimate of drug-likeness (QED) is 0.514. The van der Waals surface area contributed by atoms with Crippen molar-refractivity contribution in [3.8, 4) is 11.4 Å². The van der Waals surface area contributed by atoms with Crippen LogP contribution >= 0.6 is 23.2 Å². The summed E-state index contributed by atoms with van der Waals surface area (Å²) < 4.78 is 0. The van der Waals surface area contributed by atoms with Crippen molar-refractivity contribution in [1.82, 2.24) is 24.9 Å². The normalized spacial score (nSPS) is 11.1. The van der Waals surface area contributed by atoms with E-state index in [1.165, 1.54) is 0 Å². The van der Waals surface area contributed by atoms with Gasteiger partial charge in [0.1, 0.15) is 23.0 Å². The largest absolute Gasteiger partial charge is 0.335 e. The molecule has 0 unspecified atom stereocenters. The maximum atomic E-state index is 6.30. The third-order valence-corrected chi connectivity index (χ3v) is 4.45. The molecule has 0 amide bonds. The number of rotatable bonds is 3. The van der Waals surface area contributed by atoms with Crippen molar-refractivity contribution in [3.05, 3.63) is 58.1 Å². The standard InChI is InChI=1S/C18H14Cl2N6/c1-9-8-14(23-10(2)22-9)25-18-16-13(6-7-21-18)24-17(26-16)15-11(19)4-3-5-12(15)20/h3-8H,1-2H3,(H,24,26)(H,21,22,23,25). The molecule has 0 radical (unpaired) electrons. The monoisotopic (exact) mass is 384 g/mol. The highest BCUT2D eigenvalue weighted by atomic mass is 35.5. The molecular weight excluding hydrogens is 371 g/mol. The SMILES string of the molecule is Cc1cc(Nc2nccc3nc(-c4c(Cl)cccc4Cl)[nH]c23)nc(C)n1. The second-order valence-electron chi connectivity index (χ2n) is 5.80. The highest BCUT2D eigenvalue weighted by molar-refractivity contribution is 6.39. The Balaban J connectivity index is 1.81. The molecule has 6 nitrogen and oxygen atoms in total. The summed E-state index contributed by atoms with van der Waals surface area (Å²) in [6.45, 7) is 3.77. The summed E-state index contributed by atoms with van der Waals surface area (Å²) >= 11 is 12.6. The van der Waals surface area contributed by atoms with E-state index in [-0.39, 0.29) is 0 Å². The summed E-state index contributed by atoms with van der Waals surface area (Å²) in [5.41, 5.74) is 3.02. The van der Waals surface area contributed by atoms with Crippen LogP contribution in [0, 0.1) is 13.8 Å². The molecule has 0 aliphatic rings. The summed E-state index contributed by atoms with van der Waals surface area (Å²) in [6, 6.07) is 9.03. The molecule has 3 aromatic heterocycles. The van der Waals surface area contributed by atoms with E-state index in [4.69, 9.17) is 23.2 Å². The maximum Gasteiger partial charge on any atom is 0.157 e. The third kappa shape index (κ3) is 3.09. The van der Waals surface area contributed by atoms with Crippen LogP contribution in [0.4, 0.5) is 11.6 Å². The molecule has 4 rings (SSSR count). The van der Waals surface area contributed by atoms with Crippen LogP contribution in [-0.2, 0) is 0 Å². The Morgan fingerprint density at radius 1 is 1.00 bits per heavy atom. The number of fused-ring (bicyclic) bond motifs is 1. The van der Waals surface area contributed by atoms with E-state index in [0.717, 1.165) is 16.7 Å². The van der Waals surface area contributed by atoms with Gasteiger partial charge in [0, 0.05) is 18.0 Å². The number of aromatic nitrogens is 5. The first kappa shape index (κ1) is 16.8. The molecule has 0 aliphatic heterocycles. The van der Waals surface area contributed by atoms with Gasteiger partial charge in [-0.15, -0.1) is 0 Å². The number of hydrogen-bond donors (Lipinski definition) is 2. The summed E-state index contributed by atoms with van der Waals surface area (Å²) in [6.07, 6.45) is 1.68. The molecule has 0 bridgehead atoms. The van der Waals surface area contributed by atoms with Crippen LogP contribution in [0.5, 0.6) is 0 Å². The molecule has 0 saturated heterocycles. The van der Waals surface area contributed by atoms with Gasteiger partial charge in [0.15, 0.2) is 5.82 Å². The first-order valence-electron chi connectivity index (χ1n) is 7.89. The number of aromatic amines is 1. The van der Waals surface area contributed by atoms with Crippen LogP contribution < -0.4 is 5.32 Å². The number of pyridine rings is 1. The Kier molecular flexibility index (Phi) is 4.22. The third-order valence-electron chi connectivity index (χ3n) is 3.82. The lowest BCUT2D eigenvalue weighted by molar-refractivity contribution is 1.01. The molecule has 8 heteroatoms. The fraction of sp³-hybridized carbons (Fsp3) is 0.111. The fourth-order valence-electron chi connectivity index (χ4n) is 2.77. The summed E-state index contributed by atoms with van der Waals surface area (Å²) in [4.78, 5) is 20.9. The summed E-state index contributed by atoms with van der Waals surface area (Å²) in [5, 5.41) is 4.28. The van der Waals surface area contributed by atoms with Crippen molar-refractivity contribution >= 4 is 45.9 Å². The van der Waals surface area contributed by atoms with Gasteiger partial charge in [-0.05, 0) is 32.0 Å². The number of aryl methyl sites for hydroxylation is 2. The van der Waals surface area contributed by atoms with E-state index in [2.05, 4.69) is 30.2 Å². The van der Waals surface area contributed by atoms with E-state index < -0.39 is 0 Å². The lowest BCUT2D eigenvalue weighted by Crippen LogP contribution is -2.00. The number of nitrogens with zero attached hydrogens (tertiary/aromatic N) is 4. The van der Waals surface area contributed by atoms with Crippen LogP contribution in [0.15, 0.2) is 36.5 Å². The zero-order valence-corrected chi connectivity index (χ0v) is 15.5. The molecule has 26 heavy (non-hydrogen) atoms. The van der Waals surface area contributed by atoms with Crippen LogP contribution in [-0.4, -0.2) is 24.9 Å². The van der Waals surface area contributed by atoms with Crippen molar-refractivity contribution in [2.75, 3.05) is 5.32 Å². The number of anilines is 2. The highest BCUT2D eigenvalue weighted by Gasteiger charge is 2.15. The first-order valence-corrected chi connectivity index (χ1v) is 8.65. The van der Waals surface area contributed by atoms with Gasteiger partial charge in [-0.3, -0.25) is 0 Å². The minimum absolute atomic E-state index is 0.529. The maximum absolute atomic E-state index is 6.30. The van der Waals surface area contributed by atoms with Gasteiger partial charge >= 0.3 is 0 Å². The Bertz CT molecular complexity index is 1080. The molecule has 0 spiro atoms. The molecule has 0 aliphatic carbocycles. The molecule has 0 fully saturated rings. The Hall–Kier alpha value is -2.70. The molecule has 0 atom stereocenters. The first-order chi connectivity index (χ1) is 12.5. The van der Waals surface area contributed by atoms with Gasteiger partial charge in [0.05, 0.1) is 21.1 Å². The molecular formula is C18H14Cl2N6. The van der Waals surface area contributed by atoms with Gasteiger partial charge in [-0.25, -0.2) is 19.9 Å². The zero-order chi connectivity index (χ0) is 18.3. The van der Waals surface area contributed by atoms with Crippen molar-refractivity contribution in [2.24, 2.45) is 0 Å². The van der Waals surface area contributed by atoms with Crippen LogP contribution in [0.1, 0.15) is 11.5 Å². The summed E-state index contributed by atoms with van der Waals surface area (Å²) in [5.74, 6) is 2.55. The molecule has 130 valence electrons. The van der Waals surface area contributed by atoms with Gasteiger partial charge in [-0.1, -0.05) is 29.3 Å². The Morgan fingerprint density at radius 3 is 2.50 bits per heavy atom. The van der Waals surface area contributed by atoms with Crippen LogP contribution in [0.2, 0.25) is 10.0 Å². The Labute approximate surface area is 159 Å². The molecule has 2 N–H and O–H groups in total. The van der Waals surface area contributed by atoms with Gasteiger partial charge in [0.25, 0.3) is 0 Å². The highest BCUT2D eigenvalue weighted by Crippen LogP contribution is 2.34. The zero-order valence-electron chi connectivity index (χ0n) is 14.0. The number of H-pyrrole nitrogens is 1. The topological polar surface area (TPSA) is 79.4 Å². The van der Waals surface area contributed by atoms with E-state index in [9.17, 15) is 0 Å². The predicted octanol–water partition coefficient (Wildman–Crippen LogP) is 5.08. The Morgan fingerprint density at radius 2 is 1.77 bits per heavy atom. The molecule has 4 aromatic rings. The van der Waals surface area contributed by atoms with Crippen molar-refractivity contribution in [3.63, 3.8) is 0 Å². The second-order valence-corrected chi connectivity index (χ2v) is 6.62. The van der Waals surface area contributed by atoms with Gasteiger partial charge < -0.3 is 10.3 Å².